The molecule has 36 heavy (non-hydrogen) atoms. The number of halogens is 2. The lowest BCUT2D eigenvalue weighted by molar-refractivity contribution is 0.0723. The first kappa shape index (κ1) is 24.0. The molecule has 0 unspecified atom stereocenters. The van der Waals surface area contributed by atoms with Crippen LogP contribution in [-0.4, -0.2) is 67.6 Å². The average molecular weight is 493 g/mol. The SMILES string of the molecule is Cc1ccc(N2CCN(c3nc4c(c(N(C)C)n3)CN(C(=O)c3c(F)cccc3F)CC4)CC2)cc1. The van der Waals surface area contributed by atoms with Crippen LogP contribution in [0.2, 0.25) is 0 Å². The number of fused-ring (bicyclic) bond motifs is 1. The maximum Gasteiger partial charge on any atom is 0.260 e. The van der Waals surface area contributed by atoms with E-state index < -0.39 is 23.1 Å². The largest absolute Gasteiger partial charge is 0.368 e. The summed E-state index contributed by atoms with van der Waals surface area (Å²) < 4.78 is 28.5. The number of benzene rings is 2. The average Bonchev–Trinajstić information content (AvgIpc) is 2.88. The Balaban J connectivity index is 1.35. The van der Waals surface area contributed by atoms with Crippen molar-refractivity contribution in [2.45, 2.75) is 19.9 Å². The van der Waals surface area contributed by atoms with Gasteiger partial charge in [0.2, 0.25) is 5.95 Å². The van der Waals surface area contributed by atoms with Crippen molar-refractivity contribution in [1.82, 2.24) is 14.9 Å². The molecule has 2 aliphatic heterocycles. The molecule has 0 aliphatic carbocycles. The summed E-state index contributed by atoms with van der Waals surface area (Å²) in [6.45, 7) is 5.98. The molecule has 3 heterocycles. The smallest absolute Gasteiger partial charge is 0.260 e. The van der Waals surface area contributed by atoms with Crippen LogP contribution in [0, 0.1) is 18.6 Å². The molecule has 9 heteroatoms. The lowest BCUT2D eigenvalue weighted by atomic mass is 10.0. The fraction of sp³-hybridized carbons (Fsp3) is 0.370. The molecule has 1 aromatic heterocycles. The summed E-state index contributed by atoms with van der Waals surface area (Å²) in [5, 5.41) is 0. The van der Waals surface area contributed by atoms with Gasteiger partial charge in [-0.2, -0.15) is 4.98 Å². The summed E-state index contributed by atoms with van der Waals surface area (Å²) in [5.74, 6) is -0.953. The maximum absolute atomic E-state index is 14.2. The zero-order valence-corrected chi connectivity index (χ0v) is 20.8. The molecule has 2 aromatic carbocycles. The zero-order valence-electron chi connectivity index (χ0n) is 20.8. The lowest BCUT2D eigenvalue weighted by Crippen LogP contribution is -2.47. The molecule has 0 spiro atoms. The predicted octanol–water partition coefficient (Wildman–Crippen LogP) is 3.65. The van der Waals surface area contributed by atoms with Crippen molar-refractivity contribution >= 4 is 23.4 Å². The van der Waals surface area contributed by atoms with Crippen LogP contribution in [0.15, 0.2) is 42.5 Å². The van der Waals surface area contributed by atoms with E-state index in [1.165, 1.54) is 22.2 Å². The number of piperazine rings is 1. The van der Waals surface area contributed by atoms with E-state index in [4.69, 9.17) is 9.97 Å². The quantitative estimate of drug-likeness (QED) is 0.554. The van der Waals surface area contributed by atoms with Crippen LogP contribution in [0.4, 0.5) is 26.2 Å². The number of aryl methyl sites for hydroxylation is 1. The van der Waals surface area contributed by atoms with E-state index in [0.717, 1.165) is 55.4 Å². The third-order valence-electron chi connectivity index (χ3n) is 6.88. The van der Waals surface area contributed by atoms with E-state index in [-0.39, 0.29) is 6.54 Å². The number of carbonyl (C=O) groups is 1. The second kappa shape index (κ2) is 9.72. The molecule has 2 aliphatic rings. The molecule has 188 valence electrons. The number of rotatable bonds is 4. The second-order valence-corrected chi connectivity index (χ2v) is 9.55. The second-order valence-electron chi connectivity index (χ2n) is 9.55. The van der Waals surface area contributed by atoms with Gasteiger partial charge in [0, 0.05) is 64.5 Å². The molecule has 0 atom stereocenters. The fourth-order valence-corrected chi connectivity index (χ4v) is 4.85. The van der Waals surface area contributed by atoms with Gasteiger partial charge in [-0.3, -0.25) is 4.79 Å². The summed E-state index contributed by atoms with van der Waals surface area (Å²) >= 11 is 0. The van der Waals surface area contributed by atoms with Gasteiger partial charge in [-0.05, 0) is 31.2 Å². The summed E-state index contributed by atoms with van der Waals surface area (Å²) in [5.41, 5.74) is 3.64. The van der Waals surface area contributed by atoms with Crippen molar-refractivity contribution in [1.29, 1.82) is 0 Å². The van der Waals surface area contributed by atoms with Gasteiger partial charge in [-0.25, -0.2) is 13.8 Å². The van der Waals surface area contributed by atoms with Crippen LogP contribution in [0.3, 0.4) is 0 Å². The van der Waals surface area contributed by atoms with E-state index in [1.807, 2.05) is 19.0 Å². The number of hydrogen-bond acceptors (Lipinski definition) is 6. The number of nitrogens with zero attached hydrogens (tertiary/aromatic N) is 6. The van der Waals surface area contributed by atoms with E-state index in [9.17, 15) is 13.6 Å². The molecular formula is C27H30F2N6O. The summed E-state index contributed by atoms with van der Waals surface area (Å²) in [4.78, 5) is 30.7. The molecule has 7 nitrogen and oxygen atoms in total. The van der Waals surface area contributed by atoms with Crippen molar-refractivity contribution in [2.75, 3.05) is 61.5 Å². The standard InChI is InChI=1S/C27H30F2N6O/c1-18-7-9-19(10-8-18)33-13-15-34(16-14-33)27-30-23-11-12-35(17-20(23)25(31-27)32(2)3)26(36)24-21(28)5-4-6-22(24)29/h4-10H,11-17H2,1-3H3. The Bertz CT molecular complexity index is 1250. The van der Waals surface area contributed by atoms with Crippen LogP contribution in [-0.2, 0) is 13.0 Å². The first-order valence-corrected chi connectivity index (χ1v) is 12.2. The summed E-state index contributed by atoms with van der Waals surface area (Å²) in [6, 6.07) is 12.0. The van der Waals surface area contributed by atoms with Gasteiger partial charge >= 0.3 is 0 Å². The molecule has 1 amide bonds. The van der Waals surface area contributed by atoms with Gasteiger partial charge in [-0.15, -0.1) is 0 Å². The van der Waals surface area contributed by atoms with Crippen molar-refractivity contribution in [3.8, 4) is 0 Å². The minimum atomic E-state index is -0.852. The molecule has 0 radical (unpaired) electrons. The zero-order chi connectivity index (χ0) is 25.4. The molecule has 0 bridgehead atoms. The highest BCUT2D eigenvalue weighted by Gasteiger charge is 2.31. The highest BCUT2D eigenvalue weighted by molar-refractivity contribution is 5.95. The normalized spacial score (nSPS) is 15.6. The predicted molar refractivity (Wildman–Crippen MR) is 137 cm³/mol. The monoisotopic (exact) mass is 492 g/mol. The first-order valence-electron chi connectivity index (χ1n) is 12.2. The Hall–Kier alpha value is -3.75. The summed E-state index contributed by atoms with van der Waals surface area (Å²) in [6.07, 6.45) is 0.497. The van der Waals surface area contributed by atoms with Gasteiger partial charge in [0.1, 0.15) is 23.0 Å². The number of amides is 1. The maximum atomic E-state index is 14.2. The molecular weight excluding hydrogens is 462 g/mol. The Labute approximate surface area is 210 Å². The number of carbonyl (C=O) groups excluding carboxylic acids is 1. The number of anilines is 3. The number of hydrogen-bond donors (Lipinski definition) is 0. The summed E-state index contributed by atoms with van der Waals surface area (Å²) in [7, 11) is 3.80. The van der Waals surface area contributed by atoms with Crippen molar-refractivity contribution in [3.63, 3.8) is 0 Å². The van der Waals surface area contributed by atoms with Crippen LogP contribution >= 0.6 is 0 Å². The molecule has 1 saturated heterocycles. The molecule has 0 saturated carbocycles. The van der Waals surface area contributed by atoms with Crippen LogP contribution in [0.1, 0.15) is 27.2 Å². The minimum Gasteiger partial charge on any atom is -0.368 e. The minimum absolute atomic E-state index is 0.205. The Morgan fingerprint density at radius 1 is 0.889 bits per heavy atom. The Morgan fingerprint density at radius 2 is 1.53 bits per heavy atom. The van der Waals surface area contributed by atoms with Crippen molar-refractivity contribution in [2.24, 2.45) is 0 Å². The Morgan fingerprint density at radius 3 is 2.17 bits per heavy atom. The third kappa shape index (κ3) is 4.57. The van der Waals surface area contributed by atoms with Crippen molar-refractivity contribution in [3.05, 3.63) is 76.5 Å². The highest BCUT2D eigenvalue weighted by atomic mass is 19.1. The van der Waals surface area contributed by atoms with E-state index in [2.05, 4.69) is 41.0 Å². The van der Waals surface area contributed by atoms with Gasteiger partial charge in [0.25, 0.3) is 5.91 Å². The number of aromatic nitrogens is 2. The third-order valence-corrected chi connectivity index (χ3v) is 6.88. The first-order chi connectivity index (χ1) is 17.3. The van der Waals surface area contributed by atoms with E-state index in [1.54, 1.807) is 0 Å². The van der Waals surface area contributed by atoms with Gasteiger partial charge in [-0.1, -0.05) is 23.8 Å². The van der Waals surface area contributed by atoms with Crippen LogP contribution in [0.5, 0.6) is 0 Å². The topological polar surface area (TPSA) is 55.8 Å². The Kier molecular flexibility index (Phi) is 6.47. The van der Waals surface area contributed by atoms with E-state index >= 15 is 0 Å². The van der Waals surface area contributed by atoms with E-state index in [0.29, 0.717) is 18.9 Å². The van der Waals surface area contributed by atoms with Gasteiger partial charge in [0.15, 0.2) is 0 Å². The van der Waals surface area contributed by atoms with Crippen LogP contribution in [0.25, 0.3) is 0 Å². The van der Waals surface area contributed by atoms with Crippen LogP contribution < -0.4 is 14.7 Å². The lowest BCUT2D eigenvalue weighted by Gasteiger charge is -2.37. The molecule has 0 N–H and O–H groups in total. The highest BCUT2D eigenvalue weighted by Crippen LogP contribution is 2.30. The fourth-order valence-electron chi connectivity index (χ4n) is 4.85. The molecule has 5 rings (SSSR count). The molecule has 1 fully saturated rings. The van der Waals surface area contributed by atoms with Gasteiger partial charge in [0.05, 0.1) is 12.2 Å². The van der Waals surface area contributed by atoms with Gasteiger partial charge < -0.3 is 19.6 Å². The molecule has 3 aromatic rings. The van der Waals surface area contributed by atoms with Crippen molar-refractivity contribution < 1.29 is 13.6 Å².